The van der Waals surface area contributed by atoms with Gasteiger partial charge in [0.2, 0.25) is 0 Å². The van der Waals surface area contributed by atoms with Crippen molar-refractivity contribution in [2.75, 3.05) is 0 Å². The van der Waals surface area contributed by atoms with Crippen LogP contribution in [-0.4, -0.2) is 22.6 Å². The summed E-state index contributed by atoms with van der Waals surface area (Å²) in [6.45, 7) is 0. The first-order chi connectivity index (χ1) is 7.11. The van der Waals surface area contributed by atoms with Gasteiger partial charge >= 0.3 is 0 Å². The lowest BCUT2D eigenvalue weighted by atomic mass is 10.00. The molecule has 78 valence electrons. The summed E-state index contributed by atoms with van der Waals surface area (Å²) in [6, 6.07) is 5.93. The third-order valence-corrected chi connectivity index (χ3v) is 2.27. The predicted octanol–water partition coefficient (Wildman–Crippen LogP) is 1.07. The average molecular weight is 226 g/mol. The summed E-state index contributed by atoms with van der Waals surface area (Å²) in [6.07, 6.45) is -2.58. The highest BCUT2D eigenvalue weighted by atomic mass is 35.5. The van der Waals surface area contributed by atoms with E-state index in [9.17, 15) is 9.90 Å². The molecule has 0 spiro atoms. The van der Waals surface area contributed by atoms with Gasteiger partial charge in [0.25, 0.3) is 0 Å². The van der Waals surface area contributed by atoms with Crippen LogP contribution in [0.15, 0.2) is 18.2 Å². The molecule has 2 atom stereocenters. The summed E-state index contributed by atoms with van der Waals surface area (Å²) in [4.78, 5) is 10.7. The maximum Gasteiger partial charge on any atom is 0.170 e. The summed E-state index contributed by atoms with van der Waals surface area (Å²) >= 11 is 5.76. The molecule has 0 heterocycles. The van der Waals surface area contributed by atoms with Crippen LogP contribution in [0.4, 0.5) is 0 Å². The zero-order chi connectivity index (χ0) is 11.4. The van der Waals surface area contributed by atoms with Gasteiger partial charge in [0, 0.05) is 16.1 Å². The van der Waals surface area contributed by atoms with Gasteiger partial charge in [-0.15, -0.1) is 0 Å². The van der Waals surface area contributed by atoms with Gasteiger partial charge < -0.3 is 10.2 Å². The van der Waals surface area contributed by atoms with E-state index in [-0.39, 0.29) is 16.1 Å². The minimum Gasteiger partial charge on any atom is -0.384 e. The molecule has 5 heteroatoms. The molecule has 0 aliphatic rings. The number of nitriles is 1. The highest BCUT2D eigenvalue weighted by Gasteiger charge is 2.22. The zero-order valence-electron chi connectivity index (χ0n) is 7.59. The van der Waals surface area contributed by atoms with Crippen LogP contribution in [0.3, 0.4) is 0 Å². The molecule has 0 saturated heterocycles. The molecule has 0 aromatic heterocycles. The minimum atomic E-state index is -1.61. The molecule has 4 nitrogen and oxygen atoms in total. The van der Waals surface area contributed by atoms with Crippen molar-refractivity contribution in [1.29, 1.82) is 5.26 Å². The van der Waals surface area contributed by atoms with Crippen molar-refractivity contribution in [3.8, 4) is 6.07 Å². The van der Waals surface area contributed by atoms with Crippen molar-refractivity contribution in [2.45, 2.75) is 12.2 Å². The summed E-state index contributed by atoms with van der Waals surface area (Å²) in [7, 11) is 0. The Morgan fingerprint density at radius 1 is 1.47 bits per heavy atom. The Morgan fingerprint density at radius 3 is 2.67 bits per heavy atom. The quantitative estimate of drug-likeness (QED) is 0.596. The van der Waals surface area contributed by atoms with E-state index in [1.54, 1.807) is 6.07 Å². The fourth-order valence-corrected chi connectivity index (χ4v) is 1.49. The van der Waals surface area contributed by atoms with E-state index in [0.717, 1.165) is 0 Å². The number of hydrogen-bond donors (Lipinski definition) is 2. The highest BCUT2D eigenvalue weighted by molar-refractivity contribution is 6.31. The molecule has 0 aliphatic carbocycles. The van der Waals surface area contributed by atoms with Gasteiger partial charge in [-0.1, -0.05) is 23.7 Å². The topological polar surface area (TPSA) is 81.3 Å². The number of hydrogen-bond acceptors (Lipinski definition) is 4. The van der Waals surface area contributed by atoms with Crippen molar-refractivity contribution >= 4 is 17.9 Å². The van der Waals surface area contributed by atoms with Gasteiger partial charge in [0.1, 0.15) is 12.4 Å². The van der Waals surface area contributed by atoms with Gasteiger partial charge in [0.15, 0.2) is 6.10 Å². The second-order valence-corrected chi connectivity index (χ2v) is 3.29. The number of aliphatic hydroxyl groups is 2. The molecule has 2 N–H and O–H groups in total. The van der Waals surface area contributed by atoms with E-state index in [1.165, 1.54) is 18.2 Å². The minimum absolute atomic E-state index is 0.0724. The smallest absolute Gasteiger partial charge is 0.170 e. The summed E-state index contributed by atoms with van der Waals surface area (Å²) < 4.78 is 0. The largest absolute Gasteiger partial charge is 0.384 e. The Bertz CT molecular complexity index is 414. The van der Waals surface area contributed by atoms with E-state index in [0.29, 0.717) is 6.29 Å². The summed E-state index contributed by atoms with van der Waals surface area (Å²) in [5.74, 6) is 0. The monoisotopic (exact) mass is 225 g/mol. The zero-order valence-corrected chi connectivity index (χ0v) is 8.35. The predicted molar refractivity (Wildman–Crippen MR) is 53.4 cm³/mol. The molecule has 0 radical (unpaired) electrons. The third kappa shape index (κ3) is 2.34. The van der Waals surface area contributed by atoms with Crippen molar-refractivity contribution in [3.63, 3.8) is 0 Å². The Kier molecular flexibility index (Phi) is 3.81. The molecular weight excluding hydrogens is 218 g/mol. The number of carbonyl (C=O) groups excluding carboxylic acids is 1. The van der Waals surface area contributed by atoms with Crippen molar-refractivity contribution in [1.82, 2.24) is 0 Å². The molecule has 1 aromatic carbocycles. The summed E-state index contributed by atoms with van der Waals surface area (Å²) in [5, 5.41) is 27.3. The van der Waals surface area contributed by atoms with E-state index in [4.69, 9.17) is 22.0 Å². The fraction of sp³-hybridized carbons (Fsp3) is 0.200. The number of rotatable bonds is 3. The SMILES string of the molecule is N#CC(O)C(O)c1c(Cl)cccc1C=O. The number of halogens is 1. The number of carbonyl (C=O) groups is 1. The molecule has 0 saturated carbocycles. The van der Waals surface area contributed by atoms with Crippen molar-refractivity contribution in [2.24, 2.45) is 0 Å². The van der Waals surface area contributed by atoms with Crippen molar-refractivity contribution in [3.05, 3.63) is 34.3 Å². The molecule has 0 bridgehead atoms. The van der Waals surface area contributed by atoms with Crippen molar-refractivity contribution < 1.29 is 15.0 Å². The number of aldehydes is 1. The lowest BCUT2D eigenvalue weighted by molar-refractivity contribution is 0.0523. The Hall–Kier alpha value is -1.41. The van der Waals surface area contributed by atoms with Gasteiger partial charge in [-0.25, -0.2) is 0 Å². The molecule has 0 aliphatic heterocycles. The maximum atomic E-state index is 10.7. The molecular formula is C10H8ClNO3. The molecule has 0 amide bonds. The summed E-state index contributed by atoms with van der Waals surface area (Å²) in [5.41, 5.74) is 0.229. The third-order valence-electron chi connectivity index (χ3n) is 1.94. The normalized spacial score (nSPS) is 14.0. The Morgan fingerprint density at radius 2 is 2.13 bits per heavy atom. The van der Waals surface area contributed by atoms with E-state index < -0.39 is 12.2 Å². The van der Waals surface area contributed by atoms with E-state index in [1.807, 2.05) is 0 Å². The van der Waals surface area contributed by atoms with E-state index in [2.05, 4.69) is 0 Å². The maximum absolute atomic E-state index is 10.7. The second kappa shape index (κ2) is 4.89. The molecule has 0 fully saturated rings. The first-order valence-electron chi connectivity index (χ1n) is 4.11. The average Bonchev–Trinajstić information content (AvgIpc) is 2.26. The van der Waals surface area contributed by atoms with Crippen LogP contribution in [0.1, 0.15) is 22.0 Å². The fourth-order valence-electron chi connectivity index (χ4n) is 1.20. The Balaban J connectivity index is 3.23. The number of nitrogens with zero attached hydrogens (tertiary/aromatic N) is 1. The van der Waals surface area contributed by atoms with Gasteiger partial charge in [-0.3, -0.25) is 4.79 Å². The van der Waals surface area contributed by atoms with Crippen LogP contribution in [0, 0.1) is 11.3 Å². The van der Waals surface area contributed by atoms with Gasteiger partial charge in [-0.05, 0) is 6.07 Å². The Labute approximate surface area is 91.3 Å². The van der Waals surface area contributed by atoms with Crippen LogP contribution in [-0.2, 0) is 0 Å². The molecule has 1 rings (SSSR count). The lowest BCUT2D eigenvalue weighted by Gasteiger charge is -2.15. The molecule has 15 heavy (non-hydrogen) atoms. The molecule has 2 unspecified atom stereocenters. The second-order valence-electron chi connectivity index (χ2n) is 2.88. The van der Waals surface area contributed by atoms with Crippen LogP contribution < -0.4 is 0 Å². The number of benzene rings is 1. The van der Waals surface area contributed by atoms with Gasteiger partial charge in [0.05, 0.1) is 6.07 Å². The molecule has 1 aromatic rings. The van der Waals surface area contributed by atoms with E-state index >= 15 is 0 Å². The lowest BCUT2D eigenvalue weighted by Crippen LogP contribution is -2.17. The van der Waals surface area contributed by atoms with Gasteiger partial charge in [-0.2, -0.15) is 5.26 Å². The van der Waals surface area contributed by atoms with Crippen LogP contribution in [0.5, 0.6) is 0 Å². The van der Waals surface area contributed by atoms with Crippen LogP contribution in [0.2, 0.25) is 5.02 Å². The number of aliphatic hydroxyl groups excluding tert-OH is 2. The van der Waals surface area contributed by atoms with Crippen LogP contribution in [0.25, 0.3) is 0 Å². The standard InChI is InChI=1S/C10H8ClNO3/c11-7-3-1-2-6(5-13)9(7)10(15)8(14)4-12/h1-3,5,8,10,14-15H. The van der Waals surface area contributed by atoms with Crippen LogP contribution >= 0.6 is 11.6 Å². The first-order valence-corrected chi connectivity index (χ1v) is 4.49. The highest BCUT2D eigenvalue weighted by Crippen LogP contribution is 2.27. The first kappa shape index (κ1) is 11.7.